The molecule has 0 fully saturated rings. The van der Waals surface area contributed by atoms with Gasteiger partial charge < -0.3 is 14.2 Å². The minimum Gasteiger partial charge on any atom is -0.396 e. The largest absolute Gasteiger partial charge is 0.396 e. The van der Waals surface area contributed by atoms with Gasteiger partial charge in [-0.1, -0.05) is 6.42 Å². The second kappa shape index (κ2) is 10.4. The number of aliphatic hydroxyl groups is 1. The molecule has 0 aliphatic heterocycles. The molecule has 80 valence electrons. The summed E-state index contributed by atoms with van der Waals surface area (Å²) in [6.07, 6.45) is 4.04. The summed E-state index contributed by atoms with van der Waals surface area (Å²) in [7, 11) is -0.659. The van der Waals surface area contributed by atoms with Gasteiger partial charge in [0, 0.05) is 12.8 Å². The lowest BCUT2D eigenvalue weighted by Crippen LogP contribution is -1.95. The summed E-state index contributed by atoms with van der Waals surface area (Å²) in [6.45, 7) is 5.72. The molecule has 4 heteroatoms. The zero-order valence-electron chi connectivity index (χ0n) is 8.66. The molecule has 0 aliphatic carbocycles. The van der Waals surface area contributed by atoms with Gasteiger partial charge in [-0.3, -0.25) is 0 Å². The Kier molecular flexibility index (Phi) is 10.6. The molecular formula is C9H21O3P. The van der Waals surface area contributed by atoms with Crippen LogP contribution in [0.25, 0.3) is 0 Å². The zero-order chi connectivity index (χ0) is 9.94. The van der Waals surface area contributed by atoms with E-state index >= 15 is 0 Å². The van der Waals surface area contributed by atoms with E-state index in [4.69, 9.17) is 14.2 Å². The van der Waals surface area contributed by atoms with Gasteiger partial charge in [0.25, 0.3) is 0 Å². The number of hydrogen-bond donors (Lipinski definition) is 1. The second-order valence-electron chi connectivity index (χ2n) is 2.68. The minimum absolute atomic E-state index is 0.293. The van der Waals surface area contributed by atoms with Gasteiger partial charge in [0.2, 0.25) is 0 Å². The van der Waals surface area contributed by atoms with E-state index < -0.39 is 8.38 Å². The molecule has 0 radical (unpaired) electrons. The fourth-order valence-electron chi connectivity index (χ4n) is 0.984. The van der Waals surface area contributed by atoms with E-state index in [-0.39, 0.29) is 0 Å². The molecule has 0 atom stereocenters. The summed E-state index contributed by atoms with van der Waals surface area (Å²) in [5, 5.41) is 8.58. The van der Waals surface area contributed by atoms with E-state index in [0.29, 0.717) is 6.61 Å². The van der Waals surface area contributed by atoms with E-state index in [2.05, 4.69) is 0 Å². The van der Waals surface area contributed by atoms with Gasteiger partial charge >= 0.3 is 0 Å². The van der Waals surface area contributed by atoms with Crippen molar-refractivity contribution in [1.82, 2.24) is 0 Å². The molecule has 0 aliphatic rings. The van der Waals surface area contributed by atoms with Crippen molar-refractivity contribution in [2.75, 3.05) is 26.0 Å². The van der Waals surface area contributed by atoms with Crippen LogP contribution in [0.4, 0.5) is 0 Å². The molecule has 0 unspecified atom stereocenters. The maximum absolute atomic E-state index is 8.58. The SMILES string of the molecule is CCOP(CCCCCO)OCC. The van der Waals surface area contributed by atoms with Crippen LogP contribution in [0, 0.1) is 0 Å². The van der Waals surface area contributed by atoms with E-state index in [1.807, 2.05) is 13.8 Å². The lowest BCUT2D eigenvalue weighted by molar-refractivity contribution is 0.266. The molecule has 0 heterocycles. The lowest BCUT2D eigenvalue weighted by atomic mass is 10.3. The second-order valence-corrected chi connectivity index (χ2v) is 4.31. The summed E-state index contributed by atoms with van der Waals surface area (Å²) in [5.74, 6) is 0. The van der Waals surface area contributed by atoms with Gasteiger partial charge in [0.1, 0.15) is 0 Å². The van der Waals surface area contributed by atoms with Gasteiger partial charge in [0.05, 0.1) is 13.2 Å². The first-order chi connectivity index (χ1) is 6.35. The van der Waals surface area contributed by atoms with Crippen LogP contribution in [0.5, 0.6) is 0 Å². The molecule has 0 aromatic rings. The summed E-state index contributed by atoms with van der Waals surface area (Å²) < 4.78 is 10.9. The summed E-state index contributed by atoms with van der Waals surface area (Å²) >= 11 is 0. The van der Waals surface area contributed by atoms with Crippen molar-refractivity contribution in [2.24, 2.45) is 0 Å². The predicted molar refractivity (Wildman–Crippen MR) is 56.0 cm³/mol. The topological polar surface area (TPSA) is 38.7 Å². The quantitative estimate of drug-likeness (QED) is 0.467. The van der Waals surface area contributed by atoms with Gasteiger partial charge in [0.15, 0.2) is 8.38 Å². The van der Waals surface area contributed by atoms with Crippen molar-refractivity contribution in [3.05, 3.63) is 0 Å². The number of unbranched alkanes of at least 4 members (excludes halogenated alkanes) is 2. The monoisotopic (exact) mass is 208 g/mol. The molecule has 13 heavy (non-hydrogen) atoms. The Bertz CT molecular complexity index is 94.9. The van der Waals surface area contributed by atoms with Crippen LogP contribution in [0.3, 0.4) is 0 Å². The van der Waals surface area contributed by atoms with Crippen molar-refractivity contribution >= 4 is 8.38 Å². The smallest absolute Gasteiger partial charge is 0.170 e. The fourth-order valence-corrected chi connectivity index (χ4v) is 2.37. The average molecular weight is 208 g/mol. The highest BCUT2D eigenvalue weighted by Crippen LogP contribution is 2.38. The Morgan fingerprint density at radius 3 is 2.08 bits per heavy atom. The van der Waals surface area contributed by atoms with Crippen LogP contribution >= 0.6 is 8.38 Å². The fraction of sp³-hybridized carbons (Fsp3) is 1.00. The average Bonchev–Trinajstić information content (AvgIpc) is 2.13. The lowest BCUT2D eigenvalue weighted by Gasteiger charge is -2.14. The first-order valence-electron chi connectivity index (χ1n) is 4.99. The van der Waals surface area contributed by atoms with Crippen molar-refractivity contribution in [1.29, 1.82) is 0 Å². The number of hydrogen-bond acceptors (Lipinski definition) is 3. The predicted octanol–water partition coefficient (Wildman–Crippen LogP) is 2.53. The standard InChI is InChI=1S/C9H21O3P/c1-3-11-13(12-4-2)9-7-5-6-8-10/h10H,3-9H2,1-2H3. The third-order valence-electron chi connectivity index (χ3n) is 1.54. The van der Waals surface area contributed by atoms with Gasteiger partial charge in [-0.05, 0) is 26.7 Å². The molecule has 0 spiro atoms. The molecule has 0 rings (SSSR count). The van der Waals surface area contributed by atoms with E-state index in [1.165, 1.54) is 0 Å². The van der Waals surface area contributed by atoms with Crippen LogP contribution in [0.1, 0.15) is 33.1 Å². The minimum atomic E-state index is -0.659. The van der Waals surface area contributed by atoms with Crippen LogP contribution in [-0.2, 0) is 9.05 Å². The van der Waals surface area contributed by atoms with Gasteiger partial charge in [-0.2, -0.15) is 0 Å². The molecule has 0 aromatic carbocycles. The molecule has 0 saturated heterocycles. The first-order valence-corrected chi connectivity index (χ1v) is 6.35. The first kappa shape index (κ1) is 13.3. The Hall–Kier alpha value is 0.310. The highest BCUT2D eigenvalue weighted by Gasteiger charge is 2.07. The van der Waals surface area contributed by atoms with E-state index in [0.717, 1.165) is 38.6 Å². The molecular weight excluding hydrogens is 187 g/mol. The normalized spacial score (nSPS) is 11.1. The van der Waals surface area contributed by atoms with E-state index in [1.54, 1.807) is 0 Å². The number of aliphatic hydroxyl groups excluding tert-OH is 1. The van der Waals surface area contributed by atoms with Gasteiger partial charge in [-0.25, -0.2) is 0 Å². The molecule has 3 nitrogen and oxygen atoms in total. The maximum Gasteiger partial charge on any atom is 0.170 e. The third-order valence-corrected chi connectivity index (χ3v) is 3.32. The van der Waals surface area contributed by atoms with Crippen LogP contribution < -0.4 is 0 Å². The van der Waals surface area contributed by atoms with Crippen molar-refractivity contribution < 1.29 is 14.2 Å². The summed E-state index contributed by atoms with van der Waals surface area (Å²) in [5.41, 5.74) is 0. The Morgan fingerprint density at radius 2 is 1.62 bits per heavy atom. The third kappa shape index (κ3) is 8.63. The molecule has 1 N–H and O–H groups in total. The Morgan fingerprint density at radius 1 is 1.00 bits per heavy atom. The molecule has 0 saturated carbocycles. The van der Waals surface area contributed by atoms with Gasteiger partial charge in [-0.15, -0.1) is 0 Å². The zero-order valence-corrected chi connectivity index (χ0v) is 9.56. The van der Waals surface area contributed by atoms with Crippen LogP contribution in [0.15, 0.2) is 0 Å². The highest BCUT2D eigenvalue weighted by atomic mass is 31.2. The van der Waals surface area contributed by atoms with Crippen LogP contribution in [-0.4, -0.2) is 31.1 Å². The Labute approximate surface area is 82.4 Å². The van der Waals surface area contributed by atoms with Crippen molar-refractivity contribution in [3.63, 3.8) is 0 Å². The molecule has 0 amide bonds. The highest BCUT2D eigenvalue weighted by molar-refractivity contribution is 7.47. The summed E-state index contributed by atoms with van der Waals surface area (Å²) in [6, 6.07) is 0. The maximum atomic E-state index is 8.58. The van der Waals surface area contributed by atoms with Crippen LogP contribution in [0.2, 0.25) is 0 Å². The van der Waals surface area contributed by atoms with E-state index in [9.17, 15) is 0 Å². The van der Waals surface area contributed by atoms with Crippen molar-refractivity contribution in [3.8, 4) is 0 Å². The number of rotatable bonds is 9. The summed E-state index contributed by atoms with van der Waals surface area (Å²) in [4.78, 5) is 0. The molecule has 0 aromatic heterocycles. The Balaban J connectivity index is 3.33. The van der Waals surface area contributed by atoms with Crippen molar-refractivity contribution in [2.45, 2.75) is 33.1 Å². The molecule has 0 bridgehead atoms.